The third-order valence-corrected chi connectivity index (χ3v) is 4.11. The van der Waals surface area contributed by atoms with Crippen molar-refractivity contribution < 1.29 is 0 Å². The van der Waals surface area contributed by atoms with E-state index in [4.69, 9.17) is 0 Å². The summed E-state index contributed by atoms with van der Waals surface area (Å²) >= 11 is 0. The average molecular weight is 201 g/mol. The molecule has 1 saturated heterocycles. The van der Waals surface area contributed by atoms with Crippen molar-refractivity contribution >= 4 is 0 Å². The number of nitrogens with one attached hydrogen (secondary N) is 1. The van der Waals surface area contributed by atoms with Gasteiger partial charge in [0.15, 0.2) is 0 Å². The van der Waals surface area contributed by atoms with E-state index >= 15 is 0 Å². The van der Waals surface area contributed by atoms with Crippen LogP contribution in [0.4, 0.5) is 0 Å². The standard InChI is InChI=1S/C14H19N/c1-14(9-4-10-15-14)13-8-3-6-11-5-2-7-12(11)13/h3,6,8,15H,2,4-5,7,9-10H2,1H3. The van der Waals surface area contributed by atoms with Crippen LogP contribution in [0.1, 0.15) is 42.9 Å². The molecular formula is C14H19N. The van der Waals surface area contributed by atoms with Gasteiger partial charge in [-0.15, -0.1) is 0 Å². The molecule has 0 saturated carbocycles. The summed E-state index contributed by atoms with van der Waals surface area (Å²) in [6.07, 6.45) is 6.55. The van der Waals surface area contributed by atoms with Crippen LogP contribution < -0.4 is 5.32 Å². The van der Waals surface area contributed by atoms with Crippen molar-refractivity contribution in [2.75, 3.05) is 6.54 Å². The molecule has 1 aliphatic heterocycles. The van der Waals surface area contributed by atoms with Gasteiger partial charge in [0.05, 0.1) is 0 Å². The second-order valence-corrected chi connectivity index (χ2v) is 5.16. The van der Waals surface area contributed by atoms with Crippen LogP contribution in [0.3, 0.4) is 0 Å². The van der Waals surface area contributed by atoms with Gasteiger partial charge in [-0.05, 0) is 62.3 Å². The molecule has 1 nitrogen and oxygen atoms in total. The van der Waals surface area contributed by atoms with Crippen LogP contribution in [0.25, 0.3) is 0 Å². The molecule has 1 aromatic carbocycles. The Morgan fingerprint density at radius 1 is 1.20 bits per heavy atom. The normalized spacial score (nSPS) is 29.4. The van der Waals surface area contributed by atoms with Gasteiger partial charge >= 0.3 is 0 Å². The zero-order valence-corrected chi connectivity index (χ0v) is 9.47. The lowest BCUT2D eigenvalue weighted by Crippen LogP contribution is -2.34. The number of rotatable bonds is 1. The molecule has 1 unspecified atom stereocenters. The van der Waals surface area contributed by atoms with Crippen LogP contribution in [0.2, 0.25) is 0 Å². The summed E-state index contributed by atoms with van der Waals surface area (Å²) in [6.45, 7) is 3.55. The van der Waals surface area contributed by atoms with Gasteiger partial charge < -0.3 is 5.32 Å². The Labute approximate surface area is 91.9 Å². The molecule has 3 rings (SSSR count). The summed E-state index contributed by atoms with van der Waals surface area (Å²) in [5.74, 6) is 0. The van der Waals surface area contributed by atoms with Crippen LogP contribution in [0.15, 0.2) is 18.2 Å². The zero-order valence-electron chi connectivity index (χ0n) is 9.47. The Balaban J connectivity index is 2.08. The van der Waals surface area contributed by atoms with E-state index in [1.54, 1.807) is 16.7 Å². The van der Waals surface area contributed by atoms with Crippen LogP contribution in [0.5, 0.6) is 0 Å². The van der Waals surface area contributed by atoms with Crippen LogP contribution in [0, 0.1) is 0 Å². The molecular weight excluding hydrogens is 182 g/mol. The fourth-order valence-corrected chi connectivity index (χ4v) is 3.26. The summed E-state index contributed by atoms with van der Waals surface area (Å²) < 4.78 is 0. The van der Waals surface area contributed by atoms with Gasteiger partial charge in [-0.3, -0.25) is 0 Å². The van der Waals surface area contributed by atoms with E-state index < -0.39 is 0 Å². The van der Waals surface area contributed by atoms with E-state index in [9.17, 15) is 0 Å². The maximum atomic E-state index is 3.68. The van der Waals surface area contributed by atoms with Crippen molar-refractivity contribution in [2.45, 2.75) is 44.6 Å². The van der Waals surface area contributed by atoms with Gasteiger partial charge in [0.1, 0.15) is 0 Å². The number of hydrogen-bond acceptors (Lipinski definition) is 1. The second kappa shape index (κ2) is 3.34. The predicted octanol–water partition coefficient (Wildman–Crippen LogP) is 2.77. The van der Waals surface area contributed by atoms with Gasteiger partial charge in [-0.1, -0.05) is 18.2 Å². The molecule has 1 fully saturated rings. The highest BCUT2D eigenvalue weighted by Gasteiger charge is 2.33. The first-order valence-corrected chi connectivity index (χ1v) is 6.16. The average Bonchev–Trinajstić information content (AvgIpc) is 2.85. The Morgan fingerprint density at radius 3 is 2.93 bits per heavy atom. The van der Waals surface area contributed by atoms with Crippen molar-refractivity contribution in [3.05, 3.63) is 34.9 Å². The van der Waals surface area contributed by atoms with Crippen LogP contribution in [-0.2, 0) is 18.4 Å². The van der Waals surface area contributed by atoms with E-state index in [2.05, 4.69) is 30.4 Å². The molecule has 80 valence electrons. The van der Waals surface area contributed by atoms with Crippen LogP contribution >= 0.6 is 0 Å². The third kappa shape index (κ3) is 1.41. The quantitative estimate of drug-likeness (QED) is 0.736. The topological polar surface area (TPSA) is 12.0 Å². The summed E-state index contributed by atoms with van der Waals surface area (Å²) in [7, 11) is 0. The van der Waals surface area contributed by atoms with E-state index in [-0.39, 0.29) is 5.54 Å². The molecule has 1 heterocycles. The Morgan fingerprint density at radius 2 is 2.13 bits per heavy atom. The molecule has 2 aliphatic rings. The summed E-state index contributed by atoms with van der Waals surface area (Å²) in [5, 5.41) is 3.68. The highest BCUT2D eigenvalue weighted by atomic mass is 15.0. The monoisotopic (exact) mass is 201 g/mol. The SMILES string of the molecule is CC1(c2cccc3c2CCC3)CCCN1. The molecule has 1 aliphatic carbocycles. The zero-order chi connectivity index (χ0) is 10.3. The molecule has 0 radical (unpaired) electrons. The summed E-state index contributed by atoms with van der Waals surface area (Å²) in [6, 6.07) is 6.89. The van der Waals surface area contributed by atoms with Gasteiger partial charge in [-0.2, -0.15) is 0 Å². The fourth-order valence-electron chi connectivity index (χ4n) is 3.26. The minimum absolute atomic E-state index is 0.260. The predicted molar refractivity (Wildman–Crippen MR) is 63.1 cm³/mol. The first-order chi connectivity index (χ1) is 7.30. The molecule has 0 amide bonds. The van der Waals surface area contributed by atoms with E-state index in [0.717, 1.165) is 0 Å². The minimum atomic E-state index is 0.260. The molecule has 0 spiro atoms. The highest BCUT2D eigenvalue weighted by molar-refractivity contribution is 5.42. The third-order valence-electron chi connectivity index (χ3n) is 4.11. The molecule has 1 N–H and O–H groups in total. The number of fused-ring (bicyclic) bond motifs is 1. The fraction of sp³-hybridized carbons (Fsp3) is 0.571. The molecule has 1 atom stereocenters. The van der Waals surface area contributed by atoms with Crippen molar-refractivity contribution in [2.24, 2.45) is 0 Å². The number of hydrogen-bond donors (Lipinski definition) is 1. The molecule has 1 heteroatoms. The first-order valence-electron chi connectivity index (χ1n) is 6.16. The maximum Gasteiger partial charge on any atom is 0.0409 e. The first kappa shape index (κ1) is 9.41. The van der Waals surface area contributed by atoms with Crippen molar-refractivity contribution in [3.63, 3.8) is 0 Å². The Kier molecular flexibility index (Phi) is 2.10. The molecule has 1 aromatic rings. The Hall–Kier alpha value is -0.820. The molecule has 0 bridgehead atoms. The lowest BCUT2D eigenvalue weighted by Gasteiger charge is -2.27. The van der Waals surface area contributed by atoms with E-state index in [1.807, 2.05) is 0 Å². The van der Waals surface area contributed by atoms with E-state index in [1.165, 1.54) is 38.6 Å². The summed E-state index contributed by atoms with van der Waals surface area (Å²) in [4.78, 5) is 0. The van der Waals surface area contributed by atoms with Gasteiger partial charge in [0, 0.05) is 5.54 Å². The minimum Gasteiger partial charge on any atom is -0.308 e. The Bertz CT molecular complexity index is 375. The lowest BCUT2D eigenvalue weighted by molar-refractivity contribution is 0.431. The van der Waals surface area contributed by atoms with Crippen molar-refractivity contribution in [1.29, 1.82) is 0 Å². The maximum absolute atomic E-state index is 3.68. The van der Waals surface area contributed by atoms with Gasteiger partial charge in [0.25, 0.3) is 0 Å². The largest absolute Gasteiger partial charge is 0.308 e. The highest BCUT2D eigenvalue weighted by Crippen LogP contribution is 2.36. The number of aryl methyl sites for hydroxylation is 1. The second-order valence-electron chi connectivity index (χ2n) is 5.16. The van der Waals surface area contributed by atoms with Crippen LogP contribution in [-0.4, -0.2) is 6.54 Å². The molecule has 15 heavy (non-hydrogen) atoms. The number of benzene rings is 1. The van der Waals surface area contributed by atoms with Gasteiger partial charge in [-0.25, -0.2) is 0 Å². The molecule has 0 aromatic heterocycles. The van der Waals surface area contributed by atoms with E-state index in [0.29, 0.717) is 0 Å². The van der Waals surface area contributed by atoms with Crippen molar-refractivity contribution in [1.82, 2.24) is 5.32 Å². The van der Waals surface area contributed by atoms with Gasteiger partial charge in [0.2, 0.25) is 0 Å². The summed E-state index contributed by atoms with van der Waals surface area (Å²) in [5.41, 5.74) is 5.09. The van der Waals surface area contributed by atoms with Crippen molar-refractivity contribution in [3.8, 4) is 0 Å². The lowest BCUT2D eigenvalue weighted by atomic mass is 9.85. The smallest absolute Gasteiger partial charge is 0.0409 e.